The molecule has 1 aromatic carbocycles. The summed E-state index contributed by atoms with van der Waals surface area (Å²) in [4.78, 5) is 11.7. The van der Waals surface area contributed by atoms with Crippen LogP contribution in [0.1, 0.15) is 17.3 Å². The van der Waals surface area contributed by atoms with Crippen molar-refractivity contribution in [3.63, 3.8) is 0 Å². The van der Waals surface area contributed by atoms with Gasteiger partial charge in [0.1, 0.15) is 11.2 Å². The first-order chi connectivity index (χ1) is 9.38. The molecule has 1 heterocycles. The van der Waals surface area contributed by atoms with Crippen LogP contribution in [0.2, 0.25) is 20.2 Å². The molecular formula is C13H6Cl4N2O. The van der Waals surface area contributed by atoms with Crippen LogP contribution in [0.15, 0.2) is 18.2 Å². The highest BCUT2D eigenvalue weighted by molar-refractivity contribution is 6.44. The normalized spacial score (nSPS) is 10.4. The zero-order valence-electron chi connectivity index (χ0n) is 10.0. The lowest BCUT2D eigenvalue weighted by Gasteiger charge is -2.08. The van der Waals surface area contributed by atoms with E-state index in [1.165, 1.54) is 11.5 Å². The van der Waals surface area contributed by atoms with Gasteiger partial charge in [-0.3, -0.25) is 9.36 Å². The summed E-state index contributed by atoms with van der Waals surface area (Å²) in [6.45, 7) is 1.32. The van der Waals surface area contributed by atoms with Gasteiger partial charge in [0, 0.05) is 12.5 Å². The summed E-state index contributed by atoms with van der Waals surface area (Å²) < 4.78 is 1.17. The Hall–Kier alpha value is -1.18. The van der Waals surface area contributed by atoms with Gasteiger partial charge in [0.25, 0.3) is 0 Å². The fourth-order valence-electron chi connectivity index (χ4n) is 1.83. The topological polar surface area (TPSA) is 45.8 Å². The van der Waals surface area contributed by atoms with Gasteiger partial charge in [-0.2, -0.15) is 5.26 Å². The average Bonchev–Trinajstić information content (AvgIpc) is 2.65. The van der Waals surface area contributed by atoms with Gasteiger partial charge in [-0.25, -0.2) is 0 Å². The number of hydrogen-bond donors (Lipinski definition) is 0. The molecule has 0 aliphatic heterocycles. The smallest absolute Gasteiger partial charge is 0.229 e. The second-order valence-corrected chi connectivity index (χ2v) is 5.47. The zero-order valence-corrected chi connectivity index (χ0v) is 13.1. The molecule has 0 radical (unpaired) electrons. The van der Waals surface area contributed by atoms with Crippen LogP contribution < -0.4 is 0 Å². The van der Waals surface area contributed by atoms with Gasteiger partial charge in [-0.1, -0.05) is 52.5 Å². The summed E-state index contributed by atoms with van der Waals surface area (Å²) in [7, 11) is 0. The second-order valence-electron chi connectivity index (χ2n) is 3.92. The Kier molecular flexibility index (Phi) is 4.31. The van der Waals surface area contributed by atoms with Crippen LogP contribution >= 0.6 is 46.4 Å². The summed E-state index contributed by atoms with van der Waals surface area (Å²) in [5, 5.41) is 9.93. The summed E-state index contributed by atoms with van der Waals surface area (Å²) >= 11 is 23.8. The predicted octanol–water partition coefficient (Wildman–Crippen LogP) is 5.30. The van der Waals surface area contributed by atoms with Gasteiger partial charge in [-0.05, 0) is 12.1 Å². The number of carbonyl (C=O) groups excluding carboxylic acids is 1. The maximum atomic E-state index is 11.7. The quantitative estimate of drug-likeness (QED) is 0.702. The first-order valence-electron chi connectivity index (χ1n) is 5.34. The van der Waals surface area contributed by atoms with Crippen molar-refractivity contribution in [1.82, 2.24) is 4.57 Å². The van der Waals surface area contributed by atoms with Gasteiger partial charge < -0.3 is 0 Å². The number of hydrogen-bond acceptors (Lipinski definition) is 2. The van der Waals surface area contributed by atoms with Crippen LogP contribution in [-0.2, 0) is 0 Å². The molecule has 0 unspecified atom stereocenters. The molecule has 0 spiro atoms. The number of carbonyl (C=O) groups is 1. The van der Waals surface area contributed by atoms with Gasteiger partial charge in [-0.15, -0.1) is 0 Å². The highest BCUT2D eigenvalue weighted by atomic mass is 35.5. The van der Waals surface area contributed by atoms with Crippen molar-refractivity contribution in [1.29, 1.82) is 5.26 Å². The highest BCUT2D eigenvalue weighted by Gasteiger charge is 2.24. The van der Waals surface area contributed by atoms with E-state index in [1.54, 1.807) is 18.2 Å². The van der Waals surface area contributed by atoms with Crippen molar-refractivity contribution in [3.05, 3.63) is 44.0 Å². The van der Waals surface area contributed by atoms with E-state index in [9.17, 15) is 10.1 Å². The Labute approximate surface area is 135 Å². The van der Waals surface area contributed by atoms with E-state index in [2.05, 4.69) is 0 Å². The number of rotatable bonds is 1. The first kappa shape index (κ1) is 15.2. The molecule has 20 heavy (non-hydrogen) atoms. The SMILES string of the molecule is CC(=O)n1c(Cl)c(Cl)c(C#N)c1-c1ccc(Cl)c(Cl)c1. The molecule has 102 valence electrons. The highest BCUT2D eigenvalue weighted by Crippen LogP contribution is 2.39. The van der Waals surface area contributed by atoms with Crippen molar-refractivity contribution >= 4 is 52.3 Å². The third kappa shape index (κ3) is 2.41. The lowest BCUT2D eigenvalue weighted by atomic mass is 10.1. The Morgan fingerprint density at radius 3 is 2.35 bits per heavy atom. The molecule has 0 amide bonds. The van der Waals surface area contributed by atoms with E-state index < -0.39 is 0 Å². The fraction of sp³-hybridized carbons (Fsp3) is 0.0769. The van der Waals surface area contributed by atoms with Crippen LogP contribution in [0.25, 0.3) is 11.3 Å². The molecule has 2 rings (SSSR count). The Morgan fingerprint density at radius 2 is 1.85 bits per heavy atom. The molecular weight excluding hydrogens is 342 g/mol. The third-order valence-corrected chi connectivity index (χ3v) is 4.24. The molecule has 0 saturated heterocycles. The first-order valence-corrected chi connectivity index (χ1v) is 6.85. The maximum absolute atomic E-state index is 11.7. The summed E-state index contributed by atoms with van der Waals surface area (Å²) in [5.41, 5.74) is 0.943. The third-order valence-electron chi connectivity index (χ3n) is 2.68. The van der Waals surface area contributed by atoms with E-state index >= 15 is 0 Å². The molecule has 0 saturated carbocycles. The monoisotopic (exact) mass is 346 g/mol. The molecule has 0 N–H and O–H groups in total. The lowest BCUT2D eigenvalue weighted by Crippen LogP contribution is -2.07. The van der Waals surface area contributed by atoms with Crippen molar-refractivity contribution in [2.24, 2.45) is 0 Å². The van der Waals surface area contributed by atoms with Crippen LogP contribution in [0, 0.1) is 11.3 Å². The summed E-state index contributed by atoms with van der Waals surface area (Å²) in [6.07, 6.45) is 0. The van der Waals surface area contributed by atoms with E-state index in [4.69, 9.17) is 46.4 Å². The Bertz CT molecular complexity index is 759. The number of nitrogens with zero attached hydrogens (tertiary/aromatic N) is 2. The lowest BCUT2D eigenvalue weighted by molar-refractivity contribution is 0.0939. The van der Waals surface area contributed by atoms with E-state index in [-0.39, 0.29) is 21.6 Å². The molecule has 7 heteroatoms. The molecule has 0 fully saturated rings. The molecule has 0 aliphatic rings. The standard InChI is InChI=1S/C13H6Cl4N2O/c1-6(20)19-12(8(5-18)11(16)13(19)17)7-2-3-9(14)10(15)4-7/h2-4H,1H3. The second kappa shape index (κ2) is 5.67. The minimum atomic E-state index is -0.362. The van der Waals surface area contributed by atoms with Crippen molar-refractivity contribution < 1.29 is 4.79 Å². The molecule has 0 bridgehead atoms. The molecule has 0 atom stereocenters. The van der Waals surface area contributed by atoms with E-state index in [0.717, 1.165) is 0 Å². The van der Waals surface area contributed by atoms with Crippen LogP contribution in [0.5, 0.6) is 0 Å². The molecule has 1 aromatic heterocycles. The molecule has 0 aliphatic carbocycles. The zero-order chi connectivity index (χ0) is 15.0. The minimum Gasteiger partial charge on any atom is -0.274 e. The summed E-state index contributed by atoms with van der Waals surface area (Å²) in [5.74, 6) is -0.362. The van der Waals surface area contributed by atoms with Gasteiger partial charge in [0.2, 0.25) is 5.91 Å². The van der Waals surface area contributed by atoms with Crippen molar-refractivity contribution in [3.8, 4) is 17.3 Å². The van der Waals surface area contributed by atoms with E-state index in [1.807, 2.05) is 6.07 Å². The number of halogens is 4. The Morgan fingerprint density at radius 1 is 1.20 bits per heavy atom. The fourth-order valence-corrected chi connectivity index (χ4v) is 2.64. The van der Waals surface area contributed by atoms with Gasteiger partial charge in [0.05, 0.1) is 26.3 Å². The maximum Gasteiger partial charge on any atom is 0.229 e. The average molecular weight is 348 g/mol. The van der Waals surface area contributed by atoms with Gasteiger partial charge in [0.15, 0.2) is 0 Å². The van der Waals surface area contributed by atoms with Crippen LogP contribution in [-0.4, -0.2) is 10.5 Å². The molecule has 2 aromatic rings. The minimum absolute atomic E-state index is 0.00297. The largest absolute Gasteiger partial charge is 0.274 e. The summed E-state index contributed by atoms with van der Waals surface area (Å²) in [6, 6.07) is 6.70. The predicted molar refractivity (Wildman–Crippen MR) is 80.9 cm³/mol. The van der Waals surface area contributed by atoms with Crippen molar-refractivity contribution in [2.75, 3.05) is 0 Å². The number of benzene rings is 1. The number of nitriles is 1. The van der Waals surface area contributed by atoms with Crippen LogP contribution in [0.4, 0.5) is 0 Å². The van der Waals surface area contributed by atoms with Crippen molar-refractivity contribution in [2.45, 2.75) is 6.92 Å². The van der Waals surface area contributed by atoms with Crippen LogP contribution in [0.3, 0.4) is 0 Å². The molecule has 3 nitrogen and oxygen atoms in total. The van der Waals surface area contributed by atoms with Gasteiger partial charge >= 0.3 is 0 Å². The Balaban J connectivity index is 2.85. The van der Waals surface area contributed by atoms with E-state index in [0.29, 0.717) is 21.3 Å². The number of aromatic nitrogens is 1.